The van der Waals surface area contributed by atoms with Crippen LogP contribution in [0, 0.1) is 0 Å². The van der Waals surface area contributed by atoms with E-state index in [-0.39, 0.29) is 6.04 Å². The lowest BCUT2D eigenvalue weighted by Crippen LogP contribution is -2.55. The lowest BCUT2D eigenvalue weighted by Gasteiger charge is -2.44. The molecule has 0 saturated carbocycles. The molecule has 0 radical (unpaired) electrons. The van der Waals surface area contributed by atoms with Crippen molar-refractivity contribution in [2.75, 3.05) is 28.8 Å². The Hall–Kier alpha value is -1.27. The Labute approximate surface area is 139 Å². The largest absolute Gasteiger partial charge is 0.365 e. The Morgan fingerprint density at radius 2 is 1.78 bits per heavy atom. The predicted molar refractivity (Wildman–Crippen MR) is 93.1 cm³/mol. The van der Waals surface area contributed by atoms with Gasteiger partial charge in [-0.1, -0.05) is 18.6 Å². The van der Waals surface area contributed by atoms with Crippen LogP contribution < -0.4 is 9.21 Å². The number of hydrogen-bond acceptors (Lipinski definition) is 3. The molecule has 5 nitrogen and oxygen atoms in total. The molecule has 2 fully saturated rings. The SMILES string of the molecule is C[C@@H]1CCCCN1S(=O)(=O)N1C[C@@H]2CCCN2c2ccccc21. The van der Waals surface area contributed by atoms with Crippen molar-refractivity contribution in [3.63, 3.8) is 0 Å². The molecule has 4 rings (SSSR count). The van der Waals surface area contributed by atoms with Gasteiger partial charge in [-0.25, -0.2) is 0 Å². The Balaban J connectivity index is 1.75. The third-order valence-corrected chi connectivity index (χ3v) is 7.57. The molecule has 0 spiro atoms. The molecule has 23 heavy (non-hydrogen) atoms. The third-order valence-electron chi connectivity index (χ3n) is 5.53. The standard InChI is InChI=1S/C17H25N3O2S/c1-14-7-4-5-12-19(14)23(21,22)20-13-15-8-6-11-18(15)16-9-2-3-10-17(16)20/h2-3,9-10,14-15H,4-8,11-13H2,1H3/t14-,15+/m1/s1. The van der Waals surface area contributed by atoms with E-state index in [0.29, 0.717) is 19.1 Å². The zero-order valence-corrected chi connectivity index (χ0v) is 14.5. The maximum absolute atomic E-state index is 13.3. The van der Waals surface area contributed by atoms with Crippen molar-refractivity contribution in [1.29, 1.82) is 0 Å². The number of hydrogen-bond donors (Lipinski definition) is 0. The number of benzene rings is 1. The summed E-state index contributed by atoms with van der Waals surface area (Å²) in [5.74, 6) is 0. The summed E-state index contributed by atoms with van der Waals surface area (Å²) in [7, 11) is -3.45. The fourth-order valence-corrected chi connectivity index (χ4v) is 6.25. The van der Waals surface area contributed by atoms with Gasteiger partial charge in [0.15, 0.2) is 0 Å². The number of anilines is 2. The number of piperidine rings is 1. The summed E-state index contributed by atoms with van der Waals surface area (Å²) in [4.78, 5) is 2.39. The molecule has 2 saturated heterocycles. The molecule has 0 aliphatic carbocycles. The van der Waals surface area contributed by atoms with Crippen LogP contribution in [0.25, 0.3) is 0 Å². The van der Waals surface area contributed by atoms with Gasteiger partial charge in [0.2, 0.25) is 0 Å². The van der Waals surface area contributed by atoms with E-state index < -0.39 is 10.2 Å². The second-order valence-corrected chi connectivity index (χ2v) is 8.78. The third kappa shape index (κ3) is 2.43. The molecule has 0 aromatic heterocycles. The van der Waals surface area contributed by atoms with E-state index in [4.69, 9.17) is 0 Å². The van der Waals surface area contributed by atoms with Gasteiger partial charge in [0.1, 0.15) is 0 Å². The first-order valence-electron chi connectivity index (χ1n) is 8.74. The lowest BCUT2D eigenvalue weighted by atomic mass is 10.1. The van der Waals surface area contributed by atoms with Crippen molar-refractivity contribution in [3.05, 3.63) is 24.3 Å². The molecule has 0 bridgehead atoms. The van der Waals surface area contributed by atoms with Gasteiger partial charge in [0, 0.05) is 25.2 Å². The minimum Gasteiger partial charge on any atom is -0.365 e. The molecule has 0 N–H and O–H groups in total. The van der Waals surface area contributed by atoms with Gasteiger partial charge in [-0.2, -0.15) is 12.7 Å². The van der Waals surface area contributed by atoms with Gasteiger partial charge in [-0.05, 0) is 44.7 Å². The van der Waals surface area contributed by atoms with E-state index in [1.807, 2.05) is 25.1 Å². The van der Waals surface area contributed by atoms with E-state index in [1.54, 1.807) is 8.61 Å². The van der Waals surface area contributed by atoms with E-state index in [2.05, 4.69) is 11.0 Å². The summed E-state index contributed by atoms with van der Waals surface area (Å²) in [5.41, 5.74) is 1.93. The molecule has 1 aromatic rings. The van der Waals surface area contributed by atoms with Gasteiger partial charge in [-0.15, -0.1) is 0 Å². The van der Waals surface area contributed by atoms with Crippen LogP contribution in [-0.4, -0.2) is 44.4 Å². The Bertz CT molecular complexity index is 691. The zero-order valence-electron chi connectivity index (χ0n) is 13.7. The van der Waals surface area contributed by atoms with Gasteiger partial charge < -0.3 is 4.90 Å². The first-order valence-corrected chi connectivity index (χ1v) is 10.1. The minimum absolute atomic E-state index is 0.0996. The molecular weight excluding hydrogens is 310 g/mol. The molecule has 126 valence electrons. The molecule has 1 aromatic carbocycles. The highest BCUT2D eigenvalue weighted by Crippen LogP contribution is 2.41. The molecule has 3 aliphatic rings. The number of nitrogens with zero attached hydrogens (tertiary/aromatic N) is 3. The summed E-state index contributed by atoms with van der Waals surface area (Å²) < 4.78 is 30.1. The summed E-state index contributed by atoms with van der Waals surface area (Å²) >= 11 is 0. The molecular formula is C17H25N3O2S. The highest BCUT2D eigenvalue weighted by Gasteiger charge is 2.42. The van der Waals surface area contributed by atoms with Crippen molar-refractivity contribution in [1.82, 2.24) is 4.31 Å². The van der Waals surface area contributed by atoms with Gasteiger partial charge in [0.25, 0.3) is 0 Å². The smallest absolute Gasteiger partial charge is 0.304 e. The molecule has 0 unspecified atom stereocenters. The van der Waals surface area contributed by atoms with Crippen LogP contribution in [0.5, 0.6) is 0 Å². The first-order chi connectivity index (χ1) is 11.1. The highest BCUT2D eigenvalue weighted by atomic mass is 32.2. The average Bonchev–Trinajstić information content (AvgIpc) is 3.03. The highest BCUT2D eigenvalue weighted by molar-refractivity contribution is 7.90. The van der Waals surface area contributed by atoms with Crippen molar-refractivity contribution < 1.29 is 8.42 Å². The Kier molecular flexibility index (Phi) is 3.76. The summed E-state index contributed by atoms with van der Waals surface area (Å²) in [6.45, 7) is 4.31. The number of rotatable bonds is 2. The van der Waals surface area contributed by atoms with Crippen molar-refractivity contribution in [3.8, 4) is 0 Å². The van der Waals surface area contributed by atoms with Crippen LogP contribution in [-0.2, 0) is 10.2 Å². The van der Waals surface area contributed by atoms with Gasteiger partial charge in [0.05, 0.1) is 17.9 Å². The van der Waals surface area contributed by atoms with E-state index in [0.717, 1.165) is 50.0 Å². The molecule has 3 aliphatic heterocycles. The van der Waals surface area contributed by atoms with Crippen LogP contribution >= 0.6 is 0 Å². The lowest BCUT2D eigenvalue weighted by molar-refractivity contribution is 0.267. The molecule has 0 amide bonds. The maximum Gasteiger partial charge on any atom is 0.304 e. The van der Waals surface area contributed by atoms with Crippen LogP contribution in [0.3, 0.4) is 0 Å². The number of fused-ring (bicyclic) bond motifs is 3. The topological polar surface area (TPSA) is 43.9 Å². The summed E-state index contributed by atoms with van der Waals surface area (Å²) in [6.07, 6.45) is 5.28. The van der Waals surface area contributed by atoms with E-state index in [1.165, 1.54) is 0 Å². The minimum atomic E-state index is -3.45. The van der Waals surface area contributed by atoms with Gasteiger partial charge >= 0.3 is 10.2 Å². The van der Waals surface area contributed by atoms with Gasteiger partial charge in [-0.3, -0.25) is 4.31 Å². The quantitative estimate of drug-likeness (QED) is 0.834. The fraction of sp³-hybridized carbons (Fsp3) is 0.647. The van der Waals surface area contributed by atoms with Crippen molar-refractivity contribution >= 4 is 21.6 Å². The predicted octanol–water partition coefficient (Wildman–Crippen LogP) is 2.59. The van der Waals surface area contributed by atoms with Crippen LogP contribution in [0.4, 0.5) is 11.4 Å². The maximum atomic E-state index is 13.3. The van der Waals surface area contributed by atoms with Crippen LogP contribution in [0.2, 0.25) is 0 Å². The summed E-state index contributed by atoms with van der Waals surface area (Å²) in [5, 5.41) is 0. The monoisotopic (exact) mass is 335 g/mol. The average molecular weight is 335 g/mol. The normalized spacial score (nSPS) is 28.6. The molecule has 2 atom stereocenters. The van der Waals surface area contributed by atoms with Crippen LogP contribution in [0.1, 0.15) is 39.0 Å². The molecule has 3 heterocycles. The Morgan fingerprint density at radius 1 is 1.00 bits per heavy atom. The fourth-order valence-electron chi connectivity index (χ4n) is 4.31. The first kappa shape index (κ1) is 15.3. The van der Waals surface area contributed by atoms with E-state index in [9.17, 15) is 8.42 Å². The molecule has 6 heteroatoms. The number of para-hydroxylation sites is 2. The summed E-state index contributed by atoms with van der Waals surface area (Å²) in [6, 6.07) is 8.39. The van der Waals surface area contributed by atoms with Crippen molar-refractivity contribution in [2.45, 2.75) is 51.1 Å². The second-order valence-electron chi connectivity index (χ2n) is 6.97. The second kappa shape index (κ2) is 5.67. The van der Waals surface area contributed by atoms with E-state index >= 15 is 0 Å². The van der Waals surface area contributed by atoms with Crippen LogP contribution in [0.15, 0.2) is 24.3 Å². The Morgan fingerprint density at radius 3 is 2.57 bits per heavy atom. The zero-order chi connectivity index (χ0) is 16.0. The van der Waals surface area contributed by atoms with Crippen molar-refractivity contribution in [2.24, 2.45) is 0 Å².